The number of nitrogens with one attached hydrogen (secondary N) is 1. The van der Waals surface area contributed by atoms with Crippen LogP contribution in [0.5, 0.6) is 5.75 Å². The zero-order valence-electron chi connectivity index (χ0n) is 18.2. The second-order valence-electron chi connectivity index (χ2n) is 7.82. The lowest BCUT2D eigenvalue weighted by Crippen LogP contribution is -2.25. The molecule has 0 fully saturated rings. The average molecular weight is 473 g/mol. The van der Waals surface area contributed by atoms with Gasteiger partial charge >= 0.3 is 5.97 Å². The van der Waals surface area contributed by atoms with Gasteiger partial charge in [-0.25, -0.2) is 4.79 Å². The number of benzene rings is 3. The van der Waals surface area contributed by atoms with Crippen molar-refractivity contribution in [2.45, 2.75) is 12.8 Å². The molecule has 3 N–H and O–H groups in total. The molecule has 4 rings (SSSR count). The normalized spacial score (nSPS) is 10.9. The molecule has 0 spiro atoms. The average Bonchev–Trinajstić information content (AvgIpc) is 2.84. The number of phenols is 1. The van der Waals surface area contributed by atoms with Gasteiger partial charge in [-0.2, -0.15) is 0 Å². The summed E-state index contributed by atoms with van der Waals surface area (Å²) >= 11 is 0. The van der Waals surface area contributed by atoms with Crippen molar-refractivity contribution in [1.29, 1.82) is 0 Å². The third-order valence-corrected chi connectivity index (χ3v) is 5.48. The van der Waals surface area contributed by atoms with Gasteiger partial charge in [0.2, 0.25) is 0 Å². The molecule has 1 heterocycles. The Morgan fingerprint density at radius 3 is 2.49 bits per heavy atom. The minimum atomic E-state index is -1.27. The minimum absolute atomic E-state index is 0.00291. The van der Waals surface area contributed by atoms with Crippen molar-refractivity contribution in [3.05, 3.63) is 75.9 Å². The Labute approximate surface area is 198 Å². The summed E-state index contributed by atoms with van der Waals surface area (Å²) in [5, 5.41) is 23.0. The molecule has 9 nitrogen and oxygen atoms in total. The number of phenolic OH excluding ortho intramolecular Hbond substituents is 1. The van der Waals surface area contributed by atoms with Gasteiger partial charge < -0.3 is 19.9 Å². The van der Waals surface area contributed by atoms with Gasteiger partial charge in [-0.1, -0.05) is 6.07 Å². The number of aromatic carboxylic acids is 1. The molecule has 0 saturated carbocycles. The van der Waals surface area contributed by atoms with Crippen molar-refractivity contribution in [2.75, 3.05) is 6.54 Å². The highest BCUT2D eigenvalue weighted by molar-refractivity contribution is 6.24. The number of carboxylic acid groups (broad SMARTS) is 1. The second kappa shape index (κ2) is 9.60. The summed E-state index contributed by atoms with van der Waals surface area (Å²) in [4.78, 5) is 58.1. The van der Waals surface area contributed by atoms with E-state index in [0.717, 1.165) is 0 Å². The molecule has 0 radical (unpaired) electrons. The fourth-order valence-corrected chi connectivity index (χ4v) is 3.86. The van der Waals surface area contributed by atoms with E-state index in [1.807, 2.05) is 0 Å². The van der Waals surface area contributed by atoms with Crippen LogP contribution in [-0.4, -0.2) is 40.7 Å². The summed E-state index contributed by atoms with van der Waals surface area (Å²) in [6.07, 6.45) is 0.499. The molecule has 1 amide bonds. The van der Waals surface area contributed by atoms with E-state index in [2.05, 4.69) is 5.32 Å². The van der Waals surface area contributed by atoms with Gasteiger partial charge in [-0.3, -0.25) is 19.2 Å². The van der Waals surface area contributed by atoms with Crippen LogP contribution >= 0.6 is 0 Å². The highest BCUT2D eigenvalue weighted by Gasteiger charge is 2.23. The molecule has 0 atom stereocenters. The van der Waals surface area contributed by atoms with E-state index in [4.69, 9.17) is 4.42 Å². The molecule has 2 aromatic rings. The van der Waals surface area contributed by atoms with E-state index >= 15 is 0 Å². The minimum Gasteiger partial charge on any atom is -0.508 e. The summed E-state index contributed by atoms with van der Waals surface area (Å²) < 4.78 is 5.79. The zero-order chi connectivity index (χ0) is 25.1. The Morgan fingerprint density at radius 2 is 1.74 bits per heavy atom. The summed E-state index contributed by atoms with van der Waals surface area (Å²) in [6.45, 7) is 0.138. The number of hydrogen-bond donors (Lipinski definition) is 3. The smallest absolute Gasteiger partial charge is 0.336 e. The molecule has 2 aromatic carbocycles. The molecule has 0 aromatic heterocycles. The first-order valence-corrected chi connectivity index (χ1v) is 10.6. The summed E-state index contributed by atoms with van der Waals surface area (Å²) in [5.74, 6) is -2.22. The number of carboxylic acids is 1. The molecule has 9 heteroatoms. The number of carbonyl (C=O) groups is 4. The summed E-state index contributed by atoms with van der Waals surface area (Å²) in [6, 6.07) is 12.8. The van der Waals surface area contributed by atoms with Crippen LogP contribution in [0.15, 0.2) is 63.8 Å². The quantitative estimate of drug-likeness (QED) is 0.153. The fourth-order valence-electron chi connectivity index (χ4n) is 3.86. The van der Waals surface area contributed by atoms with E-state index in [1.54, 1.807) is 6.07 Å². The molecule has 0 unspecified atom stereocenters. The van der Waals surface area contributed by atoms with Crippen LogP contribution in [0, 0.1) is 0 Å². The summed E-state index contributed by atoms with van der Waals surface area (Å²) in [5.41, 5.74) is 1.15. The van der Waals surface area contributed by atoms with Crippen LogP contribution in [0.1, 0.15) is 33.6 Å². The van der Waals surface area contributed by atoms with Crippen molar-refractivity contribution in [3.63, 3.8) is 0 Å². The molecule has 1 aliphatic carbocycles. The monoisotopic (exact) mass is 473 g/mol. The fraction of sp³-hybridized carbons (Fsp3) is 0.115. The Hall–Kier alpha value is -4.79. The number of ketones is 1. The molecule has 176 valence electrons. The molecular weight excluding hydrogens is 454 g/mol. The molecule has 0 bridgehead atoms. The van der Waals surface area contributed by atoms with E-state index < -0.39 is 17.7 Å². The van der Waals surface area contributed by atoms with E-state index in [0.29, 0.717) is 22.1 Å². The van der Waals surface area contributed by atoms with E-state index in [1.165, 1.54) is 48.5 Å². The van der Waals surface area contributed by atoms with Crippen molar-refractivity contribution < 1.29 is 33.8 Å². The van der Waals surface area contributed by atoms with Gasteiger partial charge in [0, 0.05) is 47.2 Å². The molecular formula is C26H19NO8. The van der Waals surface area contributed by atoms with E-state index in [9.17, 15) is 34.2 Å². The van der Waals surface area contributed by atoms with Gasteiger partial charge in [0.1, 0.15) is 17.1 Å². The number of hydrogen-bond acceptors (Lipinski definition) is 7. The number of aldehydes is 1. The highest BCUT2D eigenvalue weighted by Crippen LogP contribution is 2.42. The van der Waals surface area contributed by atoms with Gasteiger partial charge in [0.15, 0.2) is 17.5 Å². The van der Waals surface area contributed by atoms with Crippen molar-refractivity contribution >= 4 is 34.9 Å². The molecule has 0 saturated heterocycles. The second-order valence-corrected chi connectivity index (χ2v) is 7.82. The van der Waals surface area contributed by atoms with E-state index in [-0.39, 0.29) is 59.3 Å². The van der Waals surface area contributed by atoms with Gasteiger partial charge in [-0.15, -0.1) is 0 Å². The lowest BCUT2D eigenvalue weighted by Gasteiger charge is -2.17. The predicted molar refractivity (Wildman–Crippen MR) is 126 cm³/mol. The molecule has 35 heavy (non-hydrogen) atoms. The van der Waals surface area contributed by atoms with Crippen LogP contribution in [-0.2, 0) is 9.59 Å². The lowest BCUT2D eigenvalue weighted by atomic mass is 9.90. The Morgan fingerprint density at radius 1 is 0.971 bits per heavy atom. The maximum absolute atomic E-state index is 12.5. The number of Topliss-reactive ketones (excluding diaryl/α,β-unsaturated/α-hetero) is 1. The Kier molecular flexibility index (Phi) is 6.41. The van der Waals surface area contributed by atoms with Crippen LogP contribution in [0.25, 0.3) is 33.4 Å². The third kappa shape index (κ3) is 4.79. The number of fused-ring (bicyclic) bond motifs is 2. The van der Waals surface area contributed by atoms with Crippen molar-refractivity contribution in [2.24, 2.45) is 0 Å². The third-order valence-electron chi connectivity index (χ3n) is 5.48. The number of aromatic hydroxyl groups is 1. The maximum Gasteiger partial charge on any atom is 0.336 e. The first-order valence-electron chi connectivity index (χ1n) is 10.6. The molecule has 1 aliphatic heterocycles. The lowest BCUT2D eigenvalue weighted by molar-refractivity contribution is -0.129. The largest absolute Gasteiger partial charge is 0.508 e. The van der Waals surface area contributed by atoms with Crippen LogP contribution < -0.4 is 10.7 Å². The number of amides is 1. The van der Waals surface area contributed by atoms with Crippen molar-refractivity contribution in [1.82, 2.24) is 5.32 Å². The van der Waals surface area contributed by atoms with Crippen LogP contribution in [0.2, 0.25) is 0 Å². The van der Waals surface area contributed by atoms with Gasteiger partial charge in [-0.05, 0) is 48.4 Å². The predicted octanol–water partition coefficient (Wildman–Crippen LogP) is 3.25. The van der Waals surface area contributed by atoms with Crippen molar-refractivity contribution in [3.8, 4) is 28.2 Å². The Bertz CT molecular complexity index is 1520. The standard InChI is InChI=1S/C26H19NO8/c28-13-17(31)2-1-9-27-25(32)14-3-6-18(21(10-14)26(33)34)24-19-7-4-15(29)11-22(19)35-23-12-16(30)5-8-20(23)24/h3-8,10-13,29H,1-2,9H2,(H,27,32)(H,33,34). The Balaban J connectivity index is 1.80. The highest BCUT2D eigenvalue weighted by atomic mass is 16.4. The van der Waals surface area contributed by atoms with Crippen LogP contribution in [0.4, 0.5) is 0 Å². The molecule has 2 aliphatic rings. The van der Waals surface area contributed by atoms with Gasteiger partial charge in [0.25, 0.3) is 5.91 Å². The van der Waals surface area contributed by atoms with Crippen LogP contribution in [0.3, 0.4) is 0 Å². The number of carbonyl (C=O) groups excluding carboxylic acids is 3. The number of rotatable bonds is 8. The first-order chi connectivity index (χ1) is 16.8. The van der Waals surface area contributed by atoms with Gasteiger partial charge in [0.05, 0.1) is 5.56 Å². The summed E-state index contributed by atoms with van der Waals surface area (Å²) in [7, 11) is 0. The first kappa shape index (κ1) is 23.4. The zero-order valence-corrected chi connectivity index (χ0v) is 18.2. The maximum atomic E-state index is 12.5. The SMILES string of the molecule is O=CC(=O)CCCNC(=O)c1ccc(-c2c3ccc(=O)cc-3oc3cc(O)ccc23)c(C(=O)O)c1. The topological polar surface area (TPSA) is 151 Å².